The van der Waals surface area contributed by atoms with Crippen LogP contribution in [0.2, 0.25) is 5.02 Å². The van der Waals surface area contributed by atoms with Gasteiger partial charge in [0.25, 0.3) is 5.89 Å². The van der Waals surface area contributed by atoms with Crippen LogP contribution in [-0.2, 0) is 0 Å². The number of aromatic nitrogens is 3. The minimum Gasteiger partial charge on any atom is -0.415 e. The fourth-order valence-corrected chi connectivity index (χ4v) is 2.65. The Morgan fingerprint density at radius 1 is 0.913 bits per heavy atom. The molecule has 23 heavy (non-hydrogen) atoms. The molecule has 4 aromatic rings. The molecule has 5 heteroatoms. The van der Waals surface area contributed by atoms with Crippen LogP contribution in [-0.4, -0.2) is 15.2 Å². The molecule has 0 radical (unpaired) electrons. The lowest BCUT2D eigenvalue weighted by Crippen LogP contribution is -1.86. The van der Waals surface area contributed by atoms with Crippen LogP contribution in [0.4, 0.5) is 0 Å². The molecular weight excluding hydrogens is 310 g/mol. The molecule has 2 aromatic carbocycles. The van der Waals surface area contributed by atoms with Crippen LogP contribution >= 0.6 is 11.6 Å². The van der Waals surface area contributed by atoms with Crippen LogP contribution in [0.1, 0.15) is 5.56 Å². The summed E-state index contributed by atoms with van der Waals surface area (Å²) < 4.78 is 5.74. The maximum Gasteiger partial charge on any atom is 0.266 e. The van der Waals surface area contributed by atoms with E-state index in [4.69, 9.17) is 16.0 Å². The van der Waals surface area contributed by atoms with E-state index in [2.05, 4.69) is 28.2 Å². The largest absolute Gasteiger partial charge is 0.415 e. The molecule has 0 aliphatic heterocycles. The zero-order valence-corrected chi connectivity index (χ0v) is 13.1. The van der Waals surface area contributed by atoms with Crippen LogP contribution in [0, 0.1) is 6.92 Å². The SMILES string of the molecule is Cc1ccc2nc(-c3nnc(-c4ccccc4Cl)o3)ccc2c1. The van der Waals surface area contributed by atoms with Gasteiger partial charge >= 0.3 is 0 Å². The van der Waals surface area contributed by atoms with Crippen molar-refractivity contribution >= 4 is 22.5 Å². The number of hydrogen-bond acceptors (Lipinski definition) is 4. The second-order valence-corrected chi connectivity index (χ2v) is 5.69. The van der Waals surface area contributed by atoms with E-state index in [1.54, 1.807) is 6.07 Å². The minimum atomic E-state index is 0.377. The maximum atomic E-state index is 6.16. The van der Waals surface area contributed by atoms with Gasteiger partial charge in [-0.25, -0.2) is 4.98 Å². The van der Waals surface area contributed by atoms with Crippen molar-refractivity contribution in [1.29, 1.82) is 0 Å². The Labute approximate surface area is 137 Å². The summed E-state index contributed by atoms with van der Waals surface area (Å²) >= 11 is 6.16. The molecule has 0 N–H and O–H groups in total. The summed E-state index contributed by atoms with van der Waals surface area (Å²) in [5.41, 5.74) is 3.45. The number of benzene rings is 2. The van der Waals surface area contributed by atoms with Gasteiger partial charge in [0.05, 0.1) is 16.1 Å². The highest BCUT2D eigenvalue weighted by Crippen LogP contribution is 2.29. The zero-order chi connectivity index (χ0) is 15.8. The van der Waals surface area contributed by atoms with E-state index in [-0.39, 0.29) is 0 Å². The predicted octanol–water partition coefficient (Wildman–Crippen LogP) is 4.91. The van der Waals surface area contributed by atoms with Gasteiger partial charge in [-0.05, 0) is 37.3 Å². The van der Waals surface area contributed by atoms with Crippen LogP contribution in [0.15, 0.2) is 59.0 Å². The Kier molecular flexibility index (Phi) is 3.32. The van der Waals surface area contributed by atoms with Gasteiger partial charge in [0.1, 0.15) is 5.69 Å². The molecule has 0 amide bonds. The Balaban J connectivity index is 1.77. The summed E-state index contributed by atoms with van der Waals surface area (Å²) in [5.74, 6) is 0.763. The van der Waals surface area contributed by atoms with E-state index in [9.17, 15) is 0 Å². The third-order valence-corrected chi connectivity index (χ3v) is 3.92. The van der Waals surface area contributed by atoms with E-state index in [1.807, 2.05) is 42.5 Å². The van der Waals surface area contributed by atoms with Crippen molar-refractivity contribution in [2.24, 2.45) is 0 Å². The molecule has 0 saturated heterocycles. The number of halogens is 1. The van der Waals surface area contributed by atoms with E-state index in [0.717, 1.165) is 10.9 Å². The van der Waals surface area contributed by atoms with Crippen molar-refractivity contribution in [1.82, 2.24) is 15.2 Å². The third kappa shape index (κ3) is 2.58. The Morgan fingerprint density at radius 2 is 1.74 bits per heavy atom. The molecule has 2 aromatic heterocycles. The minimum absolute atomic E-state index is 0.377. The number of rotatable bonds is 2. The van der Waals surface area contributed by atoms with Gasteiger partial charge in [0, 0.05) is 5.39 Å². The standard InChI is InChI=1S/C18H12ClN3O/c1-11-6-8-15-12(10-11)7-9-16(20-15)18-22-21-17(23-18)13-4-2-3-5-14(13)19/h2-10H,1H3. The van der Waals surface area contributed by atoms with E-state index >= 15 is 0 Å². The van der Waals surface area contributed by atoms with E-state index in [1.165, 1.54) is 5.56 Å². The van der Waals surface area contributed by atoms with Gasteiger partial charge in [-0.3, -0.25) is 0 Å². The summed E-state index contributed by atoms with van der Waals surface area (Å²) in [5, 5.41) is 9.82. The molecule has 0 unspecified atom stereocenters. The first kappa shape index (κ1) is 13.9. The molecular formula is C18H12ClN3O. The summed E-state index contributed by atoms with van der Waals surface area (Å²) in [7, 11) is 0. The molecule has 0 fully saturated rings. The highest BCUT2D eigenvalue weighted by Gasteiger charge is 2.14. The van der Waals surface area contributed by atoms with Crippen LogP contribution in [0.5, 0.6) is 0 Å². The normalized spacial score (nSPS) is 11.0. The average molecular weight is 322 g/mol. The lowest BCUT2D eigenvalue weighted by Gasteiger charge is -2.01. The summed E-state index contributed by atoms with van der Waals surface area (Å²) in [4.78, 5) is 4.59. The number of hydrogen-bond donors (Lipinski definition) is 0. The van der Waals surface area contributed by atoms with E-state index < -0.39 is 0 Å². The van der Waals surface area contributed by atoms with Crippen LogP contribution in [0.3, 0.4) is 0 Å². The van der Waals surface area contributed by atoms with Crippen molar-refractivity contribution in [2.75, 3.05) is 0 Å². The quantitative estimate of drug-likeness (QED) is 0.526. The Morgan fingerprint density at radius 3 is 2.61 bits per heavy atom. The second kappa shape index (κ2) is 5.48. The molecule has 4 rings (SSSR count). The summed E-state index contributed by atoms with van der Waals surface area (Å²) in [6.45, 7) is 2.06. The van der Waals surface area contributed by atoms with Crippen molar-refractivity contribution in [2.45, 2.75) is 6.92 Å². The number of nitrogens with zero attached hydrogens (tertiary/aromatic N) is 3. The summed E-state index contributed by atoms with van der Waals surface area (Å²) in [6.07, 6.45) is 0. The Hall–Kier alpha value is -2.72. The fourth-order valence-electron chi connectivity index (χ4n) is 2.43. The topological polar surface area (TPSA) is 51.8 Å². The average Bonchev–Trinajstić information content (AvgIpc) is 3.04. The first-order chi connectivity index (χ1) is 11.2. The van der Waals surface area contributed by atoms with Crippen molar-refractivity contribution in [3.8, 4) is 23.0 Å². The van der Waals surface area contributed by atoms with Crippen LogP contribution in [0.25, 0.3) is 33.9 Å². The molecule has 0 spiro atoms. The summed E-state index contributed by atoms with van der Waals surface area (Å²) in [6, 6.07) is 17.4. The lowest BCUT2D eigenvalue weighted by molar-refractivity contribution is 0.582. The molecule has 2 heterocycles. The van der Waals surface area contributed by atoms with Gasteiger partial charge in [-0.1, -0.05) is 41.4 Å². The molecule has 112 valence electrons. The molecule has 0 saturated carbocycles. The zero-order valence-electron chi connectivity index (χ0n) is 12.3. The highest BCUT2D eigenvalue weighted by molar-refractivity contribution is 6.33. The molecule has 0 atom stereocenters. The van der Waals surface area contributed by atoms with Crippen LogP contribution < -0.4 is 0 Å². The molecule has 0 aliphatic carbocycles. The molecule has 0 aliphatic rings. The number of fused-ring (bicyclic) bond motifs is 1. The van der Waals surface area contributed by atoms with Gasteiger partial charge in [-0.15, -0.1) is 10.2 Å². The van der Waals surface area contributed by atoms with Gasteiger partial charge in [0.15, 0.2) is 0 Å². The smallest absolute Gasteiger partial charge is 0.266 e. The van der Waals surface area contributed by atoms with Crippen molar-refractivity contribution < 1.29 is 4.42 Å². The fraction of sp³-hybridized carbons (Fsp3) is 0.0556. The first-order valence-corrected chi connectivity index (χ1v) is 7.55. The second-order valence-electron chi connectivity index (χ2n) is 5.28. The predicted molar refractivity (Wildman–Crippen MR) is 90.2 cm³/mol. The van der Waals surface area contributed by atoms with Crippen molar-refractivity contribution in [3.63, 3.8) is 0 Å². The van der Waals surface area contributed by atoms with Gasteiger partial charge in [0.2, 0.25) is 5.89 Å². The number of aryl methyl sites for hydroxylation is 1. The Bertz CT molecular complexity index is 1010. The third-order valence-electron chi connectivity index (χ3n) is 3.59. The lowest BCUT2D eigenvalue weighted by atomic mass is 10.1. The van der Waals surface area contributed by atoms with E-state index in [0.29, 0.717) is 28.1 Å². The maximum absolute atomic E-state index is 6.16. The highest BCUT2D eigenvalue weighted by atomic mass is 35.5. The monoisotopic (exact) mass is 321 g/mol. The molecule has 4 nitrogen and oxygen atoms in total. The molecule has 0 bridgehead atoms. The van der Waals surface area contributed by atoms with Gasteiger partial charge < -0.3 is 4.42 Å². The van der Waals surface area contributed by atoms with Gasteiger partial charge in [-0.2, -0.15) is 0 Å². The first-order valence-electron chi connectivity index (χ1n) is 7.17. The van der Waals surface area contributed by atoms with Crippen molar-refractivity contribution in [3.05, 3.63) is 65.2 Å². The number of pyridine rings is 1.